The second-order valence-electron chi connectivity index (χ2n) is 7.45. The first-order valence-corrected chi connectivity index (χ1v) is 9.17. The van der Waals surface area contributed by atoms with Crippen molar-refractivity contribution in [1.82, 2.24) is 14.8 Å². The summed E-state index contributed by atoms with van der Waals surface area (Å²) in [6, 6.07) is 6.35. The smallest absolute Gasteiger partial charge is 0.237 e. The minimum atomic E-state index is -0.855. The Kier molecular flexibility index (Phi) is 5.21. The largest absolute Gasteiger partial charge is 0.383 e. The quantitative estimate of drug-likeness (QED) is 0.922. The zero-order chi connectivity index (χ0) is 17.2. The molecule has 0 radical (unpaired) electrons. The summed E-state index contributed by atoms with van der Waals surface area (Å²) in [6.45, 7) is 6.24. The van der Waals surface area contributed by atoms with Gasteiger partial charge in [-0.2, -0.15) is 0 Å². The third-order valence-corrected chi connectivity index (χ3v) is 5.67. The monoisotopic (exact) mass is 331 g/mol. The molecule has 1 N–H and O–H groups in total. The van der Waals surface area contributed by atoms with Crippen LogP contribution in [0.15, 0.2) is 24.4 Å². The van der Waals surface area contributed by atoms with Crippen LogP contribution in [0.25, 0.3) is 0 Å². The molecule has 1 amide bonds. The molecule has 132 valence electrons. The van der Waals surface area contributed by atoms with Gasteiger partial charge in [0, 0.05) is 31.4 Å². The predicted molar refractivity (Wildman–Crippen MR) is 93.4 cm³/mol. The molecule has 2 atom stereocenters. The molecule has 0 spiro atoms. The molecule has 3 heterocycles. The number of aliphatic hydroxyl groups is 1. The van der Waals surface area contributed by atoms with Crippen LogP contribution in [0.3, 0.4) is 0 Å². The van der Waals surface area contributed by atoms with E-state index in [-0.39, 0.29) is 5.91 Å². The number of pyridine rings is 1. The highest BCUT2D eigenvalue weighted by atomic mass is 16.3. The molecule has 2 saturated heterocycles. The summed E-state index contributed by atoms with van der Waals surface area (Å²) < 4.78 is 0. The summed E-state index contributed by atoms with van der Waals surface area (Å²) in [5.41, 5.74) is -0.110. The normalized spacial score (nSPS) is 27.9. The van der Waals surface area contributed by atoms with Crippen molar-refractivity contribution in [1.29, 1.82) is 0 Å². The number of carbonyl (C=O) groups is 1. The van der Waals surface area contributed by atoms with E-state index in [1.165, 1.54) is 6.42 Å². The number of nitrogens with zero attached hydrogens (tertiary/aromatic N) is 3. The SMILES string of the molecule is C[C@@H]1CCC[C@H](C)N1C(=O)CN1CCC(O)(c2ccccn2)CC1. The molecular weight excluding hydrogens is 302 g/mol. The number of hydrogen-bond acceptors (Lipinski definition) is 4. The lowest BCUT2D eigenvalue weighted by molar-refractivity contribution is -0.139. The third kappa shape index (κ3) is 3.62. The minimum absolute atomic E-state index is 0.234. The molecule has 0 aliphatic carbocycles. The molecule has 2 fully saturated rings. The van der Waals surface area contributed by atoms with Crippen LogP contribution in [0.1, 0.15) is 51.6 Å². The zero-order valence-electron chi connectivity index (χ0n) is 14.8. The highest BCUT2D eigenvalue weighted by Crippen LogP contribution is 2.31. The van der Waals surface area contributed by atoms with E-state index in [0.29, 0.717) is 31.5 Å². The van der Waals surface area contributed by atoms with E-state index in [1.807, 2.05) is 18.2 Å². The van der Waals surface area contributed by atoms with Crippen molar-refractivity contribution in [3.05, 3.63) is 30.1 Å². The summed E-state index contributed by atoms with van der Waals surface area (Å²) in [5.74, 6) is 0.234. The standard InChI is InChI=1S/C19H29N3O2/c1-15-6-5-7-16(2)22(15)18(23)14-21-12-9-19(24,10-13-21)17-8-3-4-11-20-17/h3-4,8,11,15-16,24H,5-7,9-10,12-14H2,1-2H3/t15-,16+. The van der Waals surface area contributed by atoms with Gasteiger partial charge in [0.05, 0.1) is 12.2 Å². The molecule has 3 rings (SSSR count). The minimum Gasteiger partial charge on any atom is -0.383 e. The fourth-order valence-electron chi connectivity index (χ4n) is 4.16. The van der Waals surface area contributed by atoms with Gasteiger partial charge < -0.3 is 10.0 Å². The van der Waals surface area contributed by atoms with Crippen molar-refractivity contribution >= 4 is 5.91 Å². The second kappa shape index (κ2) is 7.19. The lowest BCUT2D eigenvalue weighted by atomic mass is 9.87. The second-order valence-corrected chi connectivity index (χ2v) is 7.45. The van der Waals surface area contributed by atoms with Crippen LogP contribution in [0.2, 0.25) is 0 Å². The average molecular weight is 331 g/mol. The molecule has 1 aromatic rings. The summed E-state index contributed by atoms with van der Waals surface area (Å²) >= 11 is 0. The molecule has 0 saturated carbocycles. The Morgan fingerprint density at radius 2 is 1.92 bits per heavy atom. The van der Waals surface area contributed by atoms with Crippen molar-refractivity contribution in [2.24, 2.45) is 0 Å². The van der Waals surface area contributed by atoms with Gasteiger partial charge in [-0.3, -0.25) is 14.7 Å². The maximum absolute atomic E-state index is 12.7. The van der Waals surface area contributed by atoms with Gasteiger partial charge >= 0.3 is 0 Å². The fraction of sp³-hybridized carbons (Fsp3) is 0.684. The Balaban J connectivity index is 1.56. The van der Waals surface area contributed by atoms with Crippen molar-refractivity contribution in [2.45, 2.75) is 63.6 Å². The Morgan fingerprint density at radius 3 is 2.50 bits per heavy atom. The number of piperidine rings is 2. The van der Waals surface area contributed by atoms with Gasteiger partial charge in [0.1, 0.15) is 5.60 Å². The van der Waals surface area contributed by atoms with E-state index in [1.54, 1.807) is 6.20 Å². The van der Waals surface area contributed by atoms with E-state index in [9.17, 15) is 9.90 Å². The molecular formula is C19H29N3O2. The maximum atomic E-state index is 12.7. The molecule has 0 aromatic carbocycles. The number of likely N-dealkylation sites (tertiary alicyclic amines) is 2. The van der Waals surface area contributed by atoms with Gasteiger partial charge in [0.15, 0.2) is 0 Å². The Labute approximate surface area is 144 Å². The van der Waals surface area contributed by atoms with Crippen LogP contribution in [0, 0.1) is 0 Å². The number of aromatic nitrogens is 1. The number of carbonyl (C=O) groups excluding carboxylic acids is 1. The fourth-order valence-corrected chi connectivity index (χ4v) is 4.16. The first-order chi connectivity index (χ1) is 11.5. The molecule has 2 aliphatic heterocycles. The molecule has 24 heavy (non-hydrogen) atoms. The van der Waals surface area contributed by atoms with Gasteiger partial charge in [-0.05, 0) is 58.1 Å². The summed E-state index contributed by atoms with van der Waals surface area (Å²) in [7, 11) is 0. The topological polar surface area (TPSA) is 56.7 Å². The van der Waals surface area contributed by atoms with Crippen molar-refractivity contribution in [2.75, 3.05) is 19.6 Å². The van der Waals surface area contributed by atoms with Gasteiger partial charge in [-0.15, -0.1) is 0 Å². The zero-order valence-corrected chi connectivity index (χ0v) is 14.8. The van der Waals surface area contributed by atoms with E-state index in [0.717, 1.165) is 31.6 Å². The summed E-state index contributed by atoms with van der Waals surface area (Å²) in [4.78, 5) is 21.3. The van der Waals surface area contributed by atoms with Crippen LogP contribution >= 0.6 is 0 Å². The Bertz CT molecular complexity index is 545. The average Bonchev–Trinajstić information content (AvgIpc) is 2.58. The summed E-state index contributed by atoms with van der Waals surface area (Å²) in [6.07, 6.45) is 6.41. The molecule has 0 bridgehead atoms. The summed E-state index contributed by atoms with van der Waals surface area (Å²) in [5, 5.41) is 10.8. The van der Waals surface area contributed by atoms with Crippen LogP contribution in [-0.2, 0) is 10.4 Å². The van der Waals surface area contributed by atoms with Crippen LogP contribution in [0.4, 0.5) is 0 Å². The molecule has 2 aliphatic rings. The van der Waals surface area contributed by atoms with E-state index in [4.69, 9.17) is 0 Å². The Hall–Kier alpha value is -1.46. The van der Waals surface area contributed by atoms with Crippen molar-refractivity contribution < 1.29 is 9.90 Å². The van der Waals surface area contributed by atoms with Gasteiger partial charge in [0.25, 0.3) is 0 Å². The predicted octanol–water partition coefficient (Wildman–Crippen LogP) is 2.15. The maximum Gasteiger partial charge on any atom is 0.237 e. The van der Waals surface area contributed by atoms with Crippen LogP contribution in [0.5, 0.6) is 0 Å². The lowest BCUT2D eigenvalue weighted by Gasteiger charge is -2.42. The van der Waals surface area contributed by atoms with Gasteiger partial charge in [0.2, 0.25) is 5.91 Å². The molecule has 1 aromatic heterocycles. The molecule has 5 heteroatoms. The van der Waals surface area contributed by atoms with Crippen molar-refractivity contribution in [3.63, 3.8) is 0 Å². The van der Waals surface area contributed by atoms with Gasteiger partial charge in [-0.1, -0.05) is 6.07 Å². The van der Waals surface area contributed by atoms with Crippen LogP contribution < -0.4 is 0 Å². The highest BCUT2D eigenvalue weighted by molar-refractivity contribution is 5.79. The highest BCUT2D eigenvalue weighted by Gasteiger charge is 2.36. The van der Waals surface area contributed by atoms with Gasteiger partial charge in [-0.25, -0.2) is 0 Å². The Morgan fingerprint density at radius 1 is 1.25 bits per heavy atom. The van der Waals surface area contributed by atoms with E-state index >= 15 is 0 Å². The molecule has 5 nitrogen and oxygen atoms in total. The lowest BCUT2D eigenvalue weighted by Crippen LogP contribution is -2.53. The van der Waals surface area contributed by atoms with Crippen molar-refractivity contribution in [3.8, 4) is 0 Å². The first kappa shape index (κ1) is 17.4. The molecule has 0 unspecified atom stereocenters. The van der Waals surface area contributed by atoms with E-state index in [2.05, 4.69) is 28.6 Å². The first-order valence-electron chi connectivity index (χ1n) is 9.17. The third-order valence-electron chi connectivity index (χ3n) is 5.67. The van der Waals surface area contributed by atoms with Crippen LogP contribution in [-0.4, -0.2) is 57.5 Å². The number of rotatable bonds is 3. The van der Waals surface area contributed by atoms with E-state index < -0.39 is 5.60 Å². The number of hydrogen-bond donors (Lipinski definition) is 1. The number of amides is 1.